The van der Waals surface area contributed by atoms with Crippen molar-refractivity contribution in [2.24, 2.45) is 11.7 Å². The molecule has 0 aromatic heterocycles. The summed E-state index contributed by atoms with van der Waals surface area (Å²) in [4.78, 5) is 2.49. The highest BCUT2D eigenvalue weighted by Crippen LogP contribution is 2.42. The van der Waals surface area contributed by atoms with Crippen molar-refractivity contribution >= 4 is 11.6 Å². The molecular formula is C16H25ClN2O. The van der Waals surface area contributed by atoms with Gasteiger partial charge in [-0.2, -0.15) is 0 Å². The predicted molar refractivity (Wildman–Crippen MR) is 84.4 cm³/mol. The minimum absolute atomic E-state index is 0.260. The van der Waals surface area contributed by atoms with E-state index in [9.17, 15) is 0 Å². The predicted octanol–water partition coefficient (Wildman–Crippen LogP) is 3.47. The molecule has 0 saturated carbocycles. The summed E-state index contributed by atoms with van der Waals surface area (Å²) in [5.41, 5.74) is 7.16. The third-order valence-electron chi connectivity index (χ3n) is 4.35. The zero-order valence-corrected chi connectivity index (χ0v) is 13.2. The number of methoxy groups -OCH3 is 1. The lowest BCUT2D eigenvalue weighted by Gasteiger charge is -2.35. The summed E-state index contributed by atoms with van der Waals surface area (Å²) in [5.74, 6) is 1.31. The SMILES string of the molecule is CCN1CCCCC(CN)C1c1c(Cl)cccc1OC. The number of nitrogens with zero attached hydrogens (tertiary/aromatic N) is 1. The minimum atomic E-state index is 0.260. The minimum Gasteiger partial charge on any atom is -0.496 e. The van der Waals surface area contributed by atoms with E-state index < -0.39 is 0 Å². The highest BCUT2D eigenvalue weighted by atomic mass is 35.5. The maximum Gasteiger partial charge on any atom is 0.125 e. The normalized spacial score (nSPS) is 24.4. The maximum absolute atomic E-state index is 6.49. The molecule has 0 radical (unpaired) electrons. The van der Waals surface area contributed by atoms with Crippen molar-refractivity contribution in [1.82, 2.24) is 4.90 Å². The summed E-state index contributed by atoms with van der Waals surface area (Å²) in [7, 11) is 1.71. The second-order valence-electron chi connectivity index (χ2n) is 5.42. The highest BCUT2D eigenvalue weighted by Gasteiger charge is 2.32. The number of hydrogen-bond acceptors (Lipinski definition) is 3. The van der Waals surface area contributed by atoms with Crippen LogP contribution in [0.15, 0.2) is 18.2 Å². The van der Waals surface area contributed by atoms with Crippen LogP contribution in [-0.4, -0.2) is 31.6 Å². The summed E-state index contributed by atoms with van der Waals surface area (Å²) >= 11 is 6.49. The molecule has 1 heterocycles. The third-order valence-corrected chi connectivity index (χ3v) is 4.68. The van der Waals surface area contributed by atoms with Crippen LogP contribution in [0, 0.1) is 5.92 Å². The van der Waals surface area contributed by atoms with Crippen LogP contribution < -0.4 is 10.5 Å². The van der Waals surface area contributed by atoms with Crippen LogP contribution in [0.3, 0.4) is 0 Å². The van der Waals surface area contributed by atoms with Gasteiger partial charge in [-0.05, 0) is 50.5 Å². The van der Waals surface area contributed by atoms with Gasteiger partial charge in [-0.1, -0.05) is 31.0 Å². The van der Waals surface area contributed by atoms with Crippen molar-refractivity contribution in [2.45, 2.75) is 32.2 Å². The van der Waals surface area contributed by atoms with Gasteiger partial charge < -0.3 is 10.5 Å². The van der Waals surface area contributed by atoms with E-state index in [1.165, 1.54) is 12.8 Å². The topological polar surface area (TPSA) is 38.5 Å². The Morgan fingerprint density at radius 1 is 1.40 bits per heavy atom. The van der Waals surface area contributed by atoms with E-state index >= 15 is 0 Å². The highest BCUT2D eigenvalue weighted by molar-refractivity contribution is 6.31. The number of hydrogen-bond donors (Lipinski definition) is 1. The molecule has 1 saturated heterocycles. The van der Waals surface area contributed by atoms with Gasteiger partial charge in [0.25, 0.3) is 0 Å². The fourth-order valence-electron chi connectivity index (χ4n) is 3.32. The van der Waals surface area contributed by atoms with Crippen LogP contribution in [-0.2, 0) is 0 Å². The monoisotopic (exact) mass is 296 g/mol. The third kappa shape index (κ3) is 3.11. The van der Waals surface area contributed by atoms with Gasteiger partial charge in [0.1, 0.15) is 5.75 Å². The van der Waals surface area contributed by atoms with Crippen LogP contribution >= 0.6 is 11.6 Å². The van der Waals surface area contributed by atoms with Crippen molar-refractivity contribution in [2.75, 3.05) is 26.7 Å². The molecule has 1 aromatic rings. The van der Waals surface area contributed by atoms with Crippen molar-refractivity contribution in [3.05, 3.63) is 28.8 Å². The number of rotatable bonds is 4. The molecule has 1 aliphatic rings. The van der Waals surface area contributed by atoms with Gasteiger partial charge in [-0.15, -0.1) is 0 Å². The Morgan fingerprint density at radius 2 is 2.20 bits per heavy atom. The van der Waals surface area contributed by atoms with Gasteiger partial charge in [-0.25, -0.2) is 0 Å². The van der Waals surface area contributed by atoms with Crippen molar-refractivity contribution < 1.29 is 4.74 Å². The standard InChI is InChI=1S/C16H25ClN2O/c1-3-19-10-5-4-7-12(11-18)16(19)15-13(17)8-6-9-14(15)20-2/h6,8-9,12,16H,3-5,7,10-11,18H2,1-2H3. The molecule has 4 heteroatoms. The molecule has 0 bridgehead atoms. The molecule has 20 heavy (non-hydrogen) atoms. The summed E-state index contributed by atoms with van der Waals surface area (Å²) in [6.45, 7) is 5.01. The molecule has 2 atom stereocenters. The molecule has 1 fully saturated rings. The molecule has 1 aromatic carbocycles. The molecule has 0 spiro atoms. The van der Waals surface area contributed by atoms with Gasteiger partial charge >= 0.3 is 0 Å². The Bertz CT molecular complexity index is 424. The van der Waals surface area contributed by atoms with E-state index in [0.29, 0.717) is 12.5 Å². The smallest absolute Gasteiger partial charge is 0.125 e. The lowest BCUT2D eigenvalue weighted by Crippen LogP contribution is -2.36. The van der Waals surface area contributed by atoms with Gasteiger partial charge in [-0.3, -0.25) is 4.90 Å². The molecule has 1 aliphatic heterocycles. The Balaban J connectivity index is 2.48. The number of nitrogens with two attached hydrogens (primary N) is 1. The molecule has 112 valence electrons. The molecular weight excluding hydrogens is 272 g/mol. The van der Waals surface area contributed by atoms with Gasteiger partial charge in [0.15, 0.2) is 0 Å². The van der Waals surface area contributed by atoms with Crippen LogP contribution in [0.2, 0.25) is 5.02 Å². The Kier molecular flexibility index (Phi) is 5.70. The largest absolute Gasteiger partial charge is 0.496 e. The van der Waals surface area contributed by atoms with E-state index in [1.807, 2.05) is 18.2 Å². The lowest BCUT2D eigenvalue weighted by molar-refractivity contribution is 0.163. The van der Waals surface area contributed by atoms with Gasteiger partial charge in [0, 0.05) is 16.6 Å². The Morgan fingerprint density at radius 3 is 2.85 bits per heavy atom. The zero-order chi connectivity index (χ0) is 14.5. The number of benzene rings is 1. The van der Waals surface area contributed by atoms with E-state index in [0.717, 1.165) is 35.8 Å². The molecule has 0 aliphatic carbocycles. The zero-order valence-electron chi connectivity index (χ0n) is 12.4. The Labute approximate surface area is 127 Å². The van der Waals surface area contributed by atoms with E-state index in [-0.39, 0.29) is 6.04 Å². The summed E-state index contributed by atoms with van der Waals surface area (Å²) in [6.07, 6.45) is 3.63. The first-order chi connectivity index (χ1) is 9.72. The molecule has 2 N–H and O–H groups in total. The van der Waals surface area contributed by atoms with Crippen LogP contribution in [0.25, 0.3) is 0 Å². The fourth-order valence-corrected chi connectivity index (χ4v) is 3.60. The number of halogens is 1. The van der Waals surface area contributed by atoms with E-state index in [2.05, 4.69) is 11.8 Å². The first kappa shape index (κ1) is 15.6. The average Bonchev–Trinajstić information content (AvgIpc) is 2.68. The summed E-state index contributed by atoms with van der Waals surface area (Å²) < 4.78 is 5.55. The lowest BCUT2D eigenvalue weighted by atomic mass is 9.88. The molecule has 3 nitrogen and oxygen atoms in total. The first-order valence-electron chi connectivity index (χ1n) is 7.49. The Hall–Kier alpha value is -0.770. The maximum atomic E-state index is 6.49. The average molecular weight is 297 g/mol. The van der Waals surface area contributed by atoms with Gasteiger partial charge in [0.2, 0.25) is 0 Å². The van der Waals surface area contributed by atoms with Crippen molar-refractivity contribution in [1.29, 1.82) is 0 Å². The van der Waals surface area contributed by atoms with Crippen LogP contribution in [0.4, 0.5) is 0 Å². The van der Waals surface area contributed by atoms with E-state index in [4.69, 9.17) is 22.1 Å². The van der Waals surface area contributed by atoms with Gasteiger partial charge in [0.05, 0.1) is 7.11 Å². The van der Waals surface area contributed by atoms with Crippen LogP contribution in [0.1, 0.15) is 37.8 Å². The number of ether oxygens (including phenoxy) is 1. The molecule has 0 amide bonds. The number of likely N-dealkylation sites (tertiary alicyclic amines) is 1. The second-order valence-corrected chi connectivity index (χ2v) is 5.83. The molecule has 2 rings (SSSR count). The first-order valence-corrected chi connectivity index (χ1v) is 7.87. The van der Waals surface area contributed by atoms with Crippen LogP contribution in [0.5, 0.6) is 5.75 Å². The fraction of sp³-hybridized carbons (Fsp3) is 0.625. The summed E-state index contributed by atoms with van der Waals surface area (Å²) in [5, 5.41) is 0.785. The van der Waals surface area contributed by atoms with E-state index in [1.54, 1.807) is 7.11 Å². The quantitative estimate of drug-likeness (QED) is 0.924. The van der Waals surface area contributed by atoms with Crippen molar-refractivity contribution in [3.8, 4) is 5.75 Å². The summed E-state index contributed by atoms with van der Waals surface area (Å²) in [6, 6.07) is 6.14. The second kappa shape index (κ2) is 7.30. The molecule has 2 unspecified atom stereocenters. The van der Waals surface area contributed by atoms with Crippen molar-refractivity contribution in [3.63, 3.8) is 0 Å².